The number of ether oxygens (including phenoxy) is 2. The van der Waals surface area contributed by atoms with E-state index in [0.717, 1.165) is 24.0 Å². The van der Waals surface area contributed by atoms with Crippen molar-refractivity contribution in [2.45, 2.75) is 6.10 Å². The van der Waals surface area contributed by atoms with Crippen molar-refractivity contribution in [1.29, 1.82) is 0 Å². The minimum atomic E-state index is -0.362. The Hall–Kier alpha value is -4.28. The maximum Gasteiger partial charge on any atom is 0.247 e. The monoisotopic (exact) mass is 517 g/mol. The second-order valence-electron chi connectivity index (χ2n) is 8.51. The Bertz CT molecular complexity index is 1490. The molecule has 0 spiro atoms. The van der Waals surface area contributed by atoms with Crippen LogP contribution in [0.3, 0.4) is 0 Å². The molecule has 3 aromatic heterocycles. The van der Waals surface area contributed by atoms with Crippen LogP contribution in [-0.4, -0.2) is 64.1 Å². The highest BCUT2D eigenvalue weighted by atomic mass is 35.5. The largest absolute Gasteiger partial charge is 0.494 e. The number of likely N-dealkylation sites (N-methyl/N-ethyl adjacent to an activating group) is 1. The second kappa shape index (κ2) is 10.4. The number of amides is 1. The molecule has 1 saturated heterocycles. The number of rotatable bonds is 8. The first kappa shape index (κ1) is 24.4. The van der Waals surface area contributed by atoms with Crippen LogP contribution in [0.15, 0.2) is 61.7 Å². The molecule has 0 radical (unpaired) electrons. The van der Waals surface area contributed by atoms with Gasteiger partial charge < -0.3 is 20.1 Å². The summed E-state index contributed by atoms with van der Waals surface area (Å²) >= 11 is 6.15. The standard InChI is InChI=1S/C26H24ClN7O3/c1-4-23(35)31-20-8-19(21(36-3)9-22(20)37-18-13-34(2)14-18)32-26-30-11-15-5-6-29-24(25(15)33-26)16-7-17(27)12-28-10-16/h4-12,18H,1,13-14H2,2-3H3,(H,31,35)(H,30,32,33). The van der Waals surface area contributed by atoms with E-state index in [1.165, 1.54) is 6.08 Å². The van der Waals surface area contributed by atoms with Gasteiger partial charge in [-0.1, -0.05) is 18.2 Å². The molecule has 0 unspecified atom stereocenters. The van der Waals surface area contributed by atoms with E-state index in [4.69, 9.17) is 26.1 Å². The Labute approximate surface area is 218 Å². The smallest absolute Gasteiger partial charge is 0.247 e. The van der Waals surface area contributed by atoms with Gasteiger partial charge in [0.1, 0.15) is 23.1 Å². The van der Waals surface area contributed by atoms with Crippen molar-refractivity contribution in [2.75, 3.05) is 37.9 Å². The lowest BCUT2D eigenvalue weighted by Gasteiger charge is -2.36. The van der Waals surface area contributed by atoms with E-state index in [9.17, 15) is 4.79 Å². The molecule has 0 atom stereocenters. The number of fused-ring (bicyclic) bond motifs is 1. The van der Waals surface area contributed by atoms with Crippen molar-refractivity contribution in [3.63, 3.8) is 0 Å². The van der Waals surface area contributed by atoms with E-state index < -0.39 is 0 Å². The van der Waals surface area contributed by atoms with Gasteiger partial charge in [-0.3, -0.25) is 19.7 Å². The lowest BCUT2D eigenvalue weighted by Crippen LogP contribution is -2.51. The van der Waals surface area contributed by atoms with Crippen molar-refractivity contribution in [1.82, 2.24) is 24.8 Å². The Kier molecular flexibility index (Phi) is 6.85. The topological polar surface area (TPSA) is 114 Å². The van der Waals surface area contributed by atoms with E-state index >= 15 is 0 Å². The van der Waals surface area contributed by atoms with Crippen LogP contribution in [0.2, 0.25) is 5.02 Å². The van der Waals surface area contributed by atoms with Gasteiger partial charge in [0.2, 0.25) is 11.9 Å². The summed E-state index contributed by atoms with van der Waals surface area (Å²) < 4.78 is 11.7. The van der Waals surface area contributed by atoms with Gasteiger partial charge in [0.05, 0.1) is 29.2 Å². The van der Waals surface area contributed by atoms with Crippen LogP contribution in [0, 0.1) is 0 Å². The van der Waals surface area contributed by atoms with E-state index in [0.29, 0.717) is 45.1 Å². The third-order valence-corrected chi connectivity index (χ3v) is 6.00. The maximum absolute atomic E-state index is 12.1. The van der Waals surface area contributed by atoms with Crippen LogP contribution < -0.4 is 20.1 Å². The molecular weight excluding hydrogens is 494 g/mol. The van der Waals surface area contributed by atoms with Gasteiger partial charge in [0.15, 0.2) is 0 Å². The van der Waals surface area contributed by atoms with Crippen molar-refractivity contribution >= 4 is 45.7 Å². The number of nitrogens with one attached hydrogen (secondary N) is 2. The SMILES string of the molecule is C=CC(=O)Nc1cc(Nc2ncc3ccnc(-c4cncc(Cl)c4)c3n2)c(OC)cc1OC1CN(C)C1. The number of aromatic nitrogens is 4. The highest BCUT2D eigenvalue weighted by Gasteiger charge is 2.27. The average molecular weight is 518 g/mol. The van der Waals surface area contributed by atoms with E-state index in [1.807, 2.05) is 13.1 Å². The molecule has 1 amide bonds. The molecule has 37 heavy (non-hydrogen) atoms. The van der Waals surface area contributed by atoms with Crippen LogP contribution >= 0.6 is 11.6 Å². The van der Waals surface area contributed by atoms with Crippen molar-refractivity contribution in [3.8, 4) is 22.8 Å². The molecule has 0 bridgehead atoms. The lowest BCUT2D eigenvalue weighted by molar-refractivity contribution is -0.111. The fourth-order valence-electron chi connectivity index (χ4n) is 3.99. The molecule has 10 nitrogen and oxygen atoms in total. The Morgan fingerprint density at radius 1 is 1.16 bits per heavy atom. The molecule has 5 rings (SSSR count). The number of hydrogen-bond acceptors (Lipinski definition) is 9. The summed E-state index contributed by atoms with van der Waals surface area (Å²) in [5.74, 6) is 0.938. The number of benzene rings is 1. The average Bonchev–Trinajstić information content (AvgIpc) is 2.88. The Morgan fingerprint density at radius 2 is 2.00 bits per heavy atom. The van der Waals surface area contributed by atoms with Crippen molar-refractivity contribution in [3.05, 3.63) is 66.7 Å². The summed E-state index contributed by atoms with van der Waals surface area (Å²) in [7, 11) is 3.57. The molecule has 0 saturated carbocycles. The molecule has 1 aromatic carbocycles. The predicted molar refractivity (Wildman–Crippen MR) is 143 cm³/mol. The normalized spacial score (nSPS) is 13.6. The van der Waals surface area contributed by atoms with Crippen LogP contribution in [0.1, 0.15) is 0 Å². The molecule has 2 N–H and O–H groups in total. The third-order valence-electron chi connectivity index (χ3n) is 5.79. The number of carbonyl (C=O) groups excluding carboxylic acids is 1. The van der Waals surface area contributed by atoms with E-state index in [1.54, 1.807) is 50.1 Å². The molecule has 1 aliphatic rings. The zero-order valence-electron chi connectivity index (χ0n) is 20.2. The molecular formula is C26H24ClN7O3. The molecule has 4 aromatic rings. The fraction of sp³-hybridized carbons (Fsp3) is 0.192. The quantitative estimate of drug-likeness (QED) is 0.330. The van der Waals surface area contributed by atoms with Gasteiger partial charge in [0, 0.05) is 54.9 Å². The van der Waals surface area contributed by atoms with Gasteiger partial charge in [-0.05, 0) is 31.3 Å². The Morgan fingerprint density at radius 3 is 2.73 bits per heavy atom. The Balaban J connectivity index is 1.52. The van der Waals surface area contributed by atoms with Crippen LogP contribution in [-0.2, 0) is 4.79 Å². The van der Waals surface area contributed by atoms with Crippen LogP contribution in [0.25, 0.3) is 22.2 Å². The van der Waals surface area contributed by atoms with Gasteiger partial charge >= 0.3 is 0 Å². The highest BCUT2D eigenvalue weighted by Crippen LogP contribution is 2.39. The van der Waals surface area contributed by atoms with Crippen molar-refractivity contribution in [2.24, 2.45) is 0 Å². The van der Waals surface area contributed by atoms with E-state index in [-0.39, 0.29) is 12.0 Å². The molecule has 11 heteroatoms. The van der Waals surface area contributed by atoms with Gasteiger partial charge in [0.25, 0.3) is 0 Å². The highest BCUT2D eigenvalue weighted by molar-refractivity contribution is 6.30. The number of nitrogens with zero attached hydrogens (tertiary/aromatic N) is 5. The summed E-state index contributed by atoms with van der Waals surface area (Å²) in [4.78, 5) is 32.1. The maximum atomic E-state index is 12.1. The molecule has 1 aliphatic heterocycles. The molecule has 0 aliphatic carbocycles. The minimum absolute atomic E-state index is 0.0172. The zero-order chi connectivity index (χ0) is 25.9. The summed E-state index contributed by atoms with van der Waals surface area (Å²) in [6, 6.07) is 7.05. The third kappa shape index (κ3) is 5.30. The second-order valence-corrected chi connectivity index (χ2v) is 8.95. The minimum Gasteiger partial charge on any atom is -0.494 e. The van der Waals surface area contributed by atoms with Gasteiger partial charge in [-0.25, -0.2) is 9.97 Å². The molecule has 1 fully saturated rings. The molecule has 4 heterocycles. The zero-order valence-corrected chi connectivity index (χ0v) is 21.0. The lowest BCUT2D eigenvalue weighted by atomic mass is 10.1. The first-order valence-corrected chi connectivity index (χ1v) is 11.8. The van der Waals surface area contributed by atoms with Gasteiger partial charge in [-0.2, -0.15) is 0 Å². The number of methoxy groups -OCH3 is 1. The van der Waals surface area contributed by atoms with Gasteiger partial charge in [-0.15, -0.1) is 0 Å². The summed E-state index contributed by atoms with van der Waals surface area (Å²) in [5, 5.41) is 7.30. The van der Waals surface area contributed by atoms with Crippen LogP contribution in [0.5, 0.6) is 11.5 Å². The number of anilines is 3. The number of likely N-dealkylation sites (tertiary alicyclic amines) is 1. The predicted octanol–water partition coefficient (Wildman–Crippen LogP) is 4.31. The summed E-state index contributed by atoms with van der Waals surface area (Å²) in [6.45, 7) is 5.12. The summed E-state index contributed by atoms with van der Waals surface area (Å²) in [6.07, 6.45) is 7.84. The van der Waals surface area contributed by atoms with Crippen molar-refractivity contribution < 1.29 is 14.3 Å². The van der Waals surface area contributed by atoms with Crippen LogP contribution in [0.4, 0.5) is 17.3 Å². The number of halogens is 1. The number of hydrogen-bond donors (Lipinski definition) is 2. The fourth-order valence-corrected chi connectivity index (χ4v) is 4.17. The summed E-state index contributed by atoms with van der Waals surface area (Å²) in [5.41, 5.74) is 2.98. The van der Waals surface area contributed by atoms with E-state index in [2.05, 4.69) is 37.1 Å². The number of carbonyl (C=O) groups is 1. The first-order valence-electron chi connectivity index (χ1n) is 11.4. The first-order chi connectivity index (χ1) is 17.9. The molecule has 188 valence electrons. The number of pyridine rings is 2.